The van der Waals surface area contributed by atoms with Crippen LogP contribution in [0.5, 0.6) is 5.75 Å². The lowest BCUT2D eigenvalue weighted by Gasteiger charge is -2.17. The van der Waals surface area contributed by atoms with Gasteiger partial charge in [-0.3, -0.25) is 9.59 Å². The molecule has 0 radical (unpaired) electrons. The number of hydrogen-bond acceptors (Lipinski definition) is 5. The second-order valence-electron chi connectivity index (χ2n) is 6.39. The Balaban J connectivity index is 2.03. The van der Waals surface area contributed by atoms with E-state index in [1.54, 1.807) is 4.57 Å². The van der Waals surface area contributed by atoms with E-state index in [4.69, 9.17) is 9.47 Å². The van der Waals surface area contributed by atoms with Crippen LogP contribution in [0.25, 0.3) is 10.2 Å². The van der Waals surface area contributed by atoms with Crippen molar-refractivity contribution >= 4 is 33.4 Å². The van der Waals surface area contributed by atoms with Crippen LogP contribution in [0.2, 0.25) is 0 Å². The van der Waals surface area contributed by atoms with Crippen molar-refractivity contribution in [2.45, 2.75) is 45.6 Å². The van der Waals surface area contributed by atoms with E-state index in [9.17, 15) is 9.59 Å². The lowest BCUT2D eigenvalue weighted by atomic mass is 9.89. The molecule has 1 aromatic carbocycles. The van der Waals surface area contributed by atoms with Crippen LogP contribution in [0.1, 0.15) is 39.0 Å². The van der Waals surface area contributed by atoms with Crippen molar-refractivity contribution in [2.24, 2.45) is 10.9 Å². The number of amides is 1. The molecule has 0 spiro atoms. The highest BCUT2D eigenvalue weighted by atomic mass is 32.1. The molecule has 1 amide bonds. The molecule has 0 saturated heterocycles. The van der Waals surface area contributed by atoms with Gasteiger partial charge in [0.15, 0.2) is 4.80 Å². The number of ether oxygens (including phenoxy) is 2. The van der Waals surface area contributed by atoms with Crippen LogP contribution in [0.3, 0.4) is 0 Å². The maximum Gasteiger partial charge on any atom is 0.325 e. The molecule has 1 saturated carbocycles. The first-order valence-corrected chi connectivity index (χ1v) is 9.85. The van der Waals surface area contributed by atoms with Crippen molar-refractivity contribution in [3.63, 3.8) is 0 Å². The van der Waals surface area contributed by atoms with Crippen LogP contribution in [0.15, 0.2) is 23.2 Å². The number of carbonyl (C=O) groups excluding carboxylic acids is 2. The number of nitrogens with zero attached hydrogens (tertiary/aromatic N) is 2. The van der Waals surface area contributed by atoms with E-state index in [1.165, 1.54) is 24.9 Å². The summed E-state index contributed by atoms with van der Waals surface area (Å²) < 4.78 is 13.0. The van der Waals surface area contributed by atoms with Gasteiger partial charge in [0.2, 0.25) is 0 Å². The smallest absolute Gasteiger partial charge is 0.325 e. The Labute approximate surface area is 156 Å². The van der Waals surface area contributed by atoms with Crippen LogP contribution < -0.4 is 9.54 Å². The molecule has 6 nitrogen and oxygen atoms in total. The van der Waals surface area contributed by atoms with Crippen molar-refractivity contribution in [3.8, 4) is 5.75 Å². The average molecular weight is 376 g/mol. The first kappa shape index (κ1) is 18.6. The van der Waals surface area contributed by atoms with E-state index < -0.39 is 0 Å². The molecule has 7 heteroatoms. The zero-order chi connectivity index (χ0) is 18.5. The molecule has 1 fully saturated rings. The van der Waals surface area contributed by atoms with Gasteiger partial charge in [0.1, 0.15) is 12.3 Å². The summed E-state index contributed by atoms with van der Waals surface area (Å²) in [5, 5.41) is 0. The second-order valence-corrected chi connectivity index (χ2v) is 7.40. The zero-order valence-corrected chi connectivity index (χ0v) is 16.0. The normalized spacial score (nSPS) is 16.0. The number of fused-ring (bicyclic) bond motifs is 1. The molecule has 0 bridgehead atoms. The predicted molar refractivity (Wildman–Crippen MR) is 100 cm³/mol. The molecule has 2 aromatic rings. The summed E-state index contributed by atoms with van der Waals surface area (Å²) >= 11 is 1.40. The number of carbonyl (C=O) groups is 2. The summed E-state index contributed by atoms with van der Waals surface area (Å²) in [6, 6.07) is 5.67. The number of benzene rings is 1. The van der Waals surface area contributed by atoms with Gasteiger partial charge in [-0.25, -0.2) is 0 Å². The number of aromatic nitrogens is 1. The van der Waals surface area contributed by atoms with E-state index >= 15 is 0 Å². The van der Waals surface area contributed by atoms with Crippen molar-refractivity contribution in [2.75, 3.05) is 13.7 Å². The van der Waals surface area contributed by atoms with Crippen LogP contribution in [0.4, 0.5) is 0 Å². The Hall–Kier alpha value is -2.15. The number of hydrogen-bond donors (Lipinski definition) is 0. The van der Waals surface area contributed by atoms with Crippen LogP contribution in [-0.4, -0.2) is 30.2 Å². The van der Waals surface area contributed by atoms with Gasteiger partial charge in [0.25, 0.3) is 5.91 Å². The summed E-state index contributed by atoms with van der Waals surface area (Å²) in [6.07, 6.45) is 5.16. The minimum Gasteiger partial charge on any atom is -0.494 e. The lowest BCUT2D eigenvalue weighted by Crippen LogP contribution is -2.24. The molecular formula is C19H24N2O4S. The maximum atomic E-state index is 12.6. The number of thiazole rings is 1. The van der Waals surface area contributed by atoms with Gasteiger partial charge in [-0.15, -0.1) is 0 Å². The van der Waals surface area contributed by atoms with Gasteiger partial charge < -0.3 is 14.0 Å². The van der Waals surface area contributed by atoms with Crippen molar-refractivity contribution in [3.05, 3.63) is 23.0 Å². The molecule has 26 heavy (non-hydrogen) atoms. The number of esters is 1. The van der Waals surface area contributed by atoms with Crippen LogP contribution in [-0.2, 0) is 20.9 Å². The third-order valence-corrected chi connectivity index (χ3v) is 5.68. The molecule has 140 valence electrons. The standard InChI is InChI=1S/C19H24N2O4S/c1-3-25-14-9-10-15-16(11-14)26-19(21(15)12-17(22)24-2)20-18(23)13-7-5-4-6-8-13/h9-11,13H,3-8,12H2,1-2H3. The van der Waals surface area contributed by atoms with Crippen LogP contribution in [0, 0.1) is 5.92 Å². The molecule has 1 aromatic heterocycles. The van der Waals surface area contributed by atoms with Crippen LogP contribution >= 0.6 is 11.3 Å². The largest absolute Gasteiger partial charge is 0.494 e. The molecule has 1 aliphatic carbocycles. The molecule has 3 rings (SSSR count). The summed E-state index contributed by atoms with van der Waals surface area (Å²) in [4.78, 5) is 29.4. The Morgan fingerprint density at radius 2 is 2.04 bits per heavy atom. The van der Waals surface area contributed by atoms with E-state index in [1.807, 2.05) is 25.1 Å². The number of rotatable bonds is 5. The highest BCUT2D eigenvalue weighted by Gasteiger charge is 2.21. The van der Waals surface area contributed by atoms with E-state index in [-0.39, 0.29) is 24.3 Å². The van der Waals surface area contributed by atoms with Gasteiger partial charge in [-0.05, 0) is 38.0 Å². The van der Waals surface area contributed by atoms with Gasteiger partial charge in [0, 0.05) is 5.92 Å². The van der Waals surface area contributed by atoms with Gasteiger partial charge >= 0.3 is 5.97 Å². The molecule has 0 atom stereocenters. The molecule has 0 N–H and O–H groups in total. The van der Waals surface area contributed by atoms with Crippen molar-refractivity contribution in [1.29, 1.82) is 0 Å². The maximum absolute atomic E-state index is 12.6. The summed E-state index contributed by atoms with van der Waals surface area (Å²) in [5.41, 5.74) is 0.846. The van der Waals surface area contributed by atoms with E-state index in [2.05, 4.69) is 4.99 Å². The fraction of sp³-hybridized carbons (Fsp3) is 0.526. The highest BCUT2D eigenvalue weighted by molar-refractivity contribution is 7.16. The Morgan fingerprint density at radius 3 is 2.73 bits per heavy atom. The average Bonchev–Trinajstić information content (AvgIpc) is 2.99. The Morgan fingerprint density at radius 1 is 1.27 bits per heavy atom. The monoisotopic (exact) mass is 376 g/mol. The van der Waals surface area contributed by atoms with Crippen molar-refractivity contribution < 1.29 is 19.1 Å². The van der Waals surface area contributed by atoms with E-state index in [0.29, 0.717) is 11.4 Å². The molecular weight excluding hydrogens is 352 g/mol. The molecule has 1 aliphatic rings. The minimum atomic E-state index is -0.370. The number of methoxy groups -OCH3 is 1. The SMILES string of the molecule is CCOc1ccc2c(c1)sc(=NC(=O)C1CCCCC1)n2CC(=O)OC. The Kier molecular flexibility index (Phi) is 6.08. The predicted octanol–water partition coefficient (Wildman–Crippen LogP) is 3.28. The van der Waals surface area contributed by atoms with Crippen molar-refractivity contribution in [1.82, 2.24) is 4.57 Å². The quantitative estimate of drug-likeness (QED) is 0.751. The summed E-state index contributed by atoms with van der Waals surface area (Å²) in [5.74, 6) is 0.307. The molecule has 0 unspecified atom stereocenters. The fourth-order valence-electron chi connectivity index (χ4n) is 3.28. The highest BCUT2D eigenvalue weighted by Crippen LogP contribution is 2.26. The zero-order valence-electron chi connectivity index (χ0n) is 15.2. The lowest BCUT2D eigenvalue weighted by molar-refractivity contribution is -0.141. The second kappa shape index (κ2) is 8.49. The molecule has 0 aliphatic heterocycles. The molecule has 1 heterocycles. The first-order valence-electron chi connectivity index (χ1n) is 9.04. The fourth-order valence-corrected chi connectivity index (χ4v) is 4.34. The van der Waals surface area contributed by atoms with E-state index in [0.717, 1.165) is 41.6 Å². The topological polar surface area (TPSA) is 69.9 Å². The third-order valence-electron chi connectivity index (χ3n) is 4.64. The van der Waals surface area contributed by atoms with Gasteiger partial charge in [0.05, 0.1) is 23.9 Å². The minimum absolute atomic E-state index is 0.000440. The summed E-state index contributed by atoms with van der Waals surface area (Å²) in [6.45, 7) is 2.54. The van der Waals surface area contributed by atoms with Gasteiger partial charge in [-0.1, -0.05) is 30.6 Å². The Bertz CT molecular complexity index is 862. The first-order chi connectivity index (χ1) is 12.6. The summed E-state index contributed by atoms with van der Waals surface area (Å²) in [7, 11) is 1.36. The third kappa shape index (κ3) is 4.15. The van der Waals surface area contributed by atoms with Gasteiger partial charge in [-0.2, -0.15) is 4.99 Å².